The molecule has 2 aliphatic carbocycles. The van der Waals surface area contributed by atoms with Crippen LogP contribution in [0, 0.1) is 17.8 Å². The third kappa shape index (κ3) is 3.79. The summed E-state index contributed by atoms with van der Waals surface area (Å²) >= 11 is 0. The first-order valence-electron chi connectivity index (χ1n) is 6.99. The van der Waals surface area contributed by atoms with E-state index < -0.39 is 0 Å². The molecule has 0 aliphatic heterocycles. The van der Waals surface area contributed by atoms with Crippen LogP contribution in [0.2, 0.25) is 0 Å². The topological polar surface area (TPSA) is 12.0 Å². The van der Waals surface area contributed by atoms with Gasteiger partial charge < -0.3 is 5.32 Å². The highest BCUT2D eigenvalue weighted by atomic mass is 14.9. The summed E-state index contributed by atoms with van der Waals surface area (Å²) < 4.78 is 0. The summed E-state index contributed by atoms with van der Waals surface area (Å²) in [6, 6.07) is 0.895. The lowest BCUT2D eigenvalue weighted by atomic mass is 9.75. The van der Waals surface area contributed by atoms with Crippen molar-refractivity contribution in [2.24, 2.45) is 17.8 Å². The molecule has 0 bridgehead atoms. The molecule has 0 radical (unpaired) electrons. The van der Waals surface area contributed by atoms with Gasteiger partial charge in [-0.1, -0.05) is 33.1 Å². The summed E-state index contributed by atoms with van der Waals surface area (Å²) in [6.07, 6.45) is 10.3. The predicted molar refractivity (Wildman–Crippen MR) is 65.9 cm³/mol. The van der Waals surface area contributed by atoms with Crippen molar-refractivity contribution >= 4 is 0 Å². The van der Waals surface area contributed by atoms with Gasteiger partial charge in [0.1, 0.15) is 0 Å². The second-order valence-electron chi connectivity index (χ2n) is 6.12. The molecule has 0 spiro atoms. The molecule has 88 valence electrons. The Labute approximate surface area is 95.0 Å². The minimum atomic E-state index is 0.886. The van der Waals surface area contributed by atoms with Crippen LogP contribution in [0.1, 0.15) is 58.8 Å². The molecule has 2 saturated carbocycles. The van der Waals surface area contributed by atoms with Crippen molar-refractivity contribution in [1.82, 2.24) is 5.32 Å². The van der Waals surface area contributed by atoms with Gasteiger partial charge in [0.05, 0.1) is 0 Å². The normalized spacial score (nSPS) is 32.2. The molecule has 2 fully saturated rings. The lowest BCUT2D eigenvalue weighted by Gasteiger charge is -2.33. The highest BCUT2D eigenvalue weighted by Gasteiger charge is 2.28. The first-order valence-corrected chi connectivity index (χ1v) is 6.99. The zero-order valence-electron chi connectivity index (χ0n) is 10.5. The van der Waals surface area contributed by atoms with Crippen LogP contribution < -0.4 is 5.32 Å². The molecule has 2 rings (SSSR count). The first kappa shape index (κ1) is 11.4. The molecule has 0 amide bonds. The van der Waals surface area contributed by atoms with Gasteiger partial charge in [-0.15, -0.1) is 0 Å². The highest BCUT2D eigenvalue weighted by Crippen LogP contribution is 2.34. The number of hydrogen-bond acceptors (Lipinski definition) is 1. The lowest BCUT2D eigenvalue weighted by molar-refractivity contribution is 0.199. The Morgan fingerprint density at radius 1 is 1.00 bits per heavy atom. The molecule has 0 aromatic carbocycles. The van der Waals surface area contributed by atoms with Crippen molar-refractivity contribution < 1.29 is 0 Å². The Morgan fingerprint density at radius 2 is 1.67 bits per heavy atom. The van der Waals surface area contributed by atoms with Gasteiger partial charge in [0, 0.05) is 6.04 Å². The van der Waals surface area contributed by atoms with E-state index in [1.54, 1.807) is 0 Å². The molecule has 1 heteroatoms. The Hall–Kier alpha value is -0.0400. The molecule has 0 saturated heterocycles. The monoisotopic (exact) mass is 209 g/mol. The zero-order valence-corrected chi connectivity index (χ0v) is 10.5. The molecule has 1 N–H and O–H groups in total. The Kier molecular flexibility index (Phi) is 4.07. The first-order chi connectivity index (χ1) is 7.25. The fraction of sp³-hybridized carbons (Fsp3) is 1.00. The molecule has 1 nitrogen and oxygen atoms in total. The van der Waals surface area contributed by atoms with E-state index in [0.29, 0.717) is 0 Å². The number of hydrogen-bond donors (Lipinski definition) is 1. The summed E-state index contributed by atoms with van der Waals surface area (Å²) in [4.78, 5) is 0. The summed E-state index contributed by atoms with van der Waals surface area (Å²) in [6.45, 7) is 6.06. The standard InChI is InChI=1S/C14H27N/c1-11(2)9-12-5-3-4-6-13(12)10-15-14-7-8-14/h11-15H,3-10H2,1-2H3. The van der Waals surface area contributed by atoms with Crippen molar-refractivity contribution in [2.45, 2.75) is 64.8 Å². The van der Waals surface area contributed by atoms with E-state index in [1.807, 2.05) is 0 Å². The van der Waals surface area contributed by atoms with E-state index in [9.17, 15) is 0 Å². The Bertz CT molecular complexity index is 184. The molecular weight excluding hydrogens is 182 g/mol. The van der Waals surface area contributed by atoms with Gasteiger partial charge in [-0.2, -0.15) is 0 Å². The van der Waals surface area contributed by atoms with E-state index in [2.05, 4.69) is 19.2 Å². The van der Waals surface area contributed by atoms with Crippen LogP contribution in [0.4, 0.5) is 0 Å². The second-order valence-corrected chi connectivity index (χ2v) is 6.12. The Morgan fingerprint density at radius 3 is 2.27 bits per heavy atom. The molecule has 0 heterocycles. The molecule has 2 aliphatic rings. The quantitative estimate of drug-likeness (QED) is 0.729. The van der Waals surface area contributed by atoms with Crippen LogP contribution in [0.3, 0.4) is 0 Å². The van der Waals surface area contributed by atoms with Crippen LogP contribution in [0.25, 0.3) is 0 Å². The maximum absolute atomic E-state index is 3.73. The maximum Gasteiger partial charge on any atom is 0.00683 e. The molecule has 15 heavy (non-hydrogen) atoms. The van der Waals surface area contributed by atoms with Crippen LogP contribution in [-0.4, -0.2) is 12.6 Å². The maximum atomic E-state index is 3.73. The fourth-order valence-electron chi connectivity index (χ4n) is 3.07. The average molecular weight is 209 g/mol. The fourth-order valence-corrected chi connectivity index (χ4v) is 3.07. The zero-order chi connectivity index (χ0) is 10.7. The highest BCUT2D eigenvalue weighted by molar-refractivity contribution is 4.84. The molecular formula is C14H27N. The van der Waals surface area contributed by atoms with E-state index in [4.69, 9.17) is 0 Å². The SMILES string of the molecule is CC(C)CC1CCCCC1CNC1CC1. The lowest BCUT2D eigenvalue weighted by Crippen LogP contribution is -2.32. The predicted octanol–water partition coefficient (Wildman–Crippen LogP) is 3.59. The summed E-state index contributed by atoms with van der Waals surface area (Å²) in [5, 5.41) is 3.73. The van der Waals surface area contributed by atoms with E-state index in [-0.39, 0.29) is 0 Å². The van der Waals surface area contributed by atoms with Gasteiger partial charge >= 0.3 is 0 Å². The smallest absolute Gasteiger partial charge is 0.00683 e. The molecule has 0 aromatic heterocycles. The number of nitrogens with one attached hydrogen (secondary N) is 1. The second kappa shape index (κ2) is 5.34. The van der Waals surface area contributed by atoms with Gasteiger partial charge in [-0.25, -0.2) is 0 Å². The van der Waals surface area contributed by atoms with E-state index in [1.165, 1.54) is 51.5 Å². The minimum Gasteiger partial charge on any atom is -0.314 e. The summed E-state index contributed by atoms with van der Waals surface area (Å²) in [7, 11) is 0. The van der Waals surface area contributed by atoms with Gasteiger partial charge in [0.25, 0.3) is 0 Å². The van der Waals surface area contributed by atoms with Crippen molar-refractivity contribution in [1.29, 1.82) is 0 Å². The van der Waals surface area contributed by atoms with Crippen LogP contribution in [-0.2, 0) is 0 Å². The van der Waals surface area contributed by atoms with Gasteiger partial charge in [0.2, 0.25) is 0 Å². The molecule has 0 aromatic rings. The summed E-state index contributed by atoms with van der Waals surface area (Å²) in [5.41, 5.74) is 0. The van der Waals surface area contributed by atoms with Crippen molar-refractivity contribution in [3.8, 4) is 0 Å². The minimum absolute atomic E-state index is 0.886. The number of rotatable bonds is 5. The van der Waals surface area contributed by atoms with Crippen molar-refractivity contribution in [3.63, 3.8) is 0 Å². The van der Waals surface area contributed by atoms with Gasteiger partial charge in [0.15, 0.2) is 0 Å². The van der Waals surface area contributed by atoms with E-state index in [0.717, 1.165) is 23.8 Å². The van der Waals surface area contributed by atoms with Crippen molar-refractivity contribution in [2.75, 3.05) is 6.54 Å². The van der Waals surface area contributed by atoms with Gasteiger partial charge in [-0.05, 0) is 50.0 Å². The largest absolute Gasteiger partial charge is 0.314 e. The summed E-state index contributed by atoms with van der Waals surface area (Å²) in [5.74, 6) is 2.89. The molecule has 2 atom stereocenters. The Balaban J connectivity index is 1.75. The third-order valence-corrected chi connectivity index (χ3v) is 4.09. The molecule has 2 unspecified atom stereocenters. The van der Waals surface area contributed by atoms with Crippen LogP contribution >= 0.6 is 0 Å². The van der Waals surface area contributed by atoms with E-state index >= 15 is 0 Å². The average Bonchev–Trinajstić information content (AvgIpc) is 2.99. The van der Waals surface area contributed by atoms with Crippen LogP contribution in [0.5, 0.6) is 0 Å². The third-order valence-electron chi connectivity index (χ3n) is 4.09. The van der Waals surface area contributed by atoms with Crippen LogP contribution in [0.15, 0.2) is 0 Å². The van der Waals surface area contributed by atoms with Gasteiger partial charge in [-0.3, -0.25) is 0 Å². The van der Waals surface area contributed by atoms with Crippen molar-refractivity contribution in [3.05, 3.63) is 0 Å².